The highest BCUT2D eigenvalue weighted by atomic mass is 35.5. The zero-order valence-electron chi connectivity index (χ0n) is 15.0. The molecule has 3 N–H and O–H groups in total. The highest BCUT2D eigenvalue weighted by Crippen LogP contribution is 2.32. The second kappa shape index (κ2) is 8.56. The van der Waals surface area contributed by atoms with E-state index in [4.69, 9.17) is 33.0 Å². The molecule has 1 amide bonds. The molecule has 9 nitrogen and oxygen atoms in total. The highest BCUT2D eigenvalue weighted by molar-refractivity contribution is 7.17. The zero-order valence-corrected chi connectivity index (χ0v) is 17.3. The number of carbonyl (C=O) groups is 2. The number of thiazole rings is 1. The number of carboxylic acid groups (broad SMARTS) is 1. The SMILES string of the molecule is CO[C@H]1CN(c2ncc(OC(=O)O)s2)CC[C@H]1NC(=O)c1[nH]c(C)c(Cl)c1Cl. The van der Waals surface area contributed by atoms with E-state index in [1.165, 1.54) is 6.20 Å². The van der Waals surface area contributed by atoms with E-state index < -0.39 is 6.16 Å². The maximum atomic E-state index is 12.6. The summed E-state index contributed by atoms with van der Waals surface area (Å²) in [5, 5.41) is 13.0. The number of nitrogens with zero attached hydrogens (tertiary/aromatic N) is 2. The van der Waals surface area contributed by atoms with Crippen molar-refractivity contribution in [2.45, 2.75) is 25.5 Å². The molecule has 28 heavy (non-hydrogen) atoms. The number of hydrogen-bond donors (Lipinski definition) is 3. The van der Waals surface area contributed by atoms with Gasteiger partial charge < -0.3 is 29.8 Å². The lowest BCUT2D eigenvalue weighted by Crippen LogP contribution is -2.55. The number of aromatic nitrogens is 2. The van der Waals surface area contributed by atoms with Gasteiger partial charge in [-0.1, -0.05) is 34.5 Å². The fourth-order valence-corrected chi connectivity index (χ4v) is 4.21. The minimum atomic E-state index is -1.38. The van der Waals surface area contributed by atoms with E-state index in [1.54, 1.807) is 14.0 Å². The summed E-state index contributed by atoms with van der Waals surface area (Å²) < 4.78 is 10.2. The molecule has 0 aromatic carbocycles. The highest BCUT2D eigenvalue weighted by Gasteiger charge is 2.33. The summed E-state index contributed by atoms with van der Waals surface area (Å²) in [4.78, 5) is 32.2. The fraction of sp³-hybridized carbons (Fsp3) is 0.438. The van der Waals surface area contributed by atoms with Crippen LogP contribution in [0.2, 0.25) is 10.0 Å². The molecule has 0 spiro atoms. The summed E-state index contributed by atoms with van der Waals surface area (Å²) in [5.41, 5.74) is 0.843. The van der Waals surface area contributed by atoms with Gasteiger partial charge in [0.2, 0.25) is 5.06 Å². The lowest BCUT2D eigenvalue weighted by molar-refractivity contribution is 0.0540. The fourth-order valence-electron chi connectivity index (χ4n) is 2.99. The summed E-state index contributed by atoms with van der Waals surface area (Å²) in [5.74, 6) is -0.355. The molecular formula is C16H18Cl2N4O5S. The molecule has 12 heteroatoms. The van der Waals surface area contributed by atoms with Gasteiger partial charge >= 0.3 is 6.16 Å². The molecule has 1 aliphatic rings. The summed E-state index contributed by atoms with van der Waals surface area (Å²) in [6, 6.07) is -0.234. The van der Waals surface area contributed by atoms with Crippen LogP contribution < -0.4 is 15.0 Å². The van der Waals surface area contributed by atoms with Crippen molar-refractivity contribution in [3.63, 3.8) is 0 Å². The quantitative estimate of drug-likeness (QED) is 0.601. The van der Waals surface area contributed by atoms with Crippen molar-refractivity contribution in [2.24, 2.45) is 0 Å². The van der Waals surface area contributed by atoms with E-state index in [0.29, 0.717) is 35.4 Å². The van der Waals surface area contributed by atoms with E-state index >= 15 is 0 Å². The Labute approximate surface area is 174 Å². The molecule has 0 aliphatic carbocycles. The van der Waals surface area contributed by atoms with Crippen molar-refractivity contribution in [1.82, 2.24) is 15.3 Å². The average Bonchev–Trinajstić information content (AvgIpc) is 3.21. The molecule has 1 saturated heterocycles. The molecule has 3 rings (SSSR count). The first-order valence-corrected chi connectivity index (χ1v) is 9.86. The predicted molar refractivity (Wildman–Crippen MR) is 105 cm³/mol. The van der Waals surface area contributed by atoms with Crippen molar-refractivity contribution in [1.29, 1.82) is 0 Å². The van der Waals surface area contributed by atoms with Crippen molar-refractivity contribution < 1.29 is 24.2 Å². The second-order valence-corrected chi connectivity index (χ2v) is 7.90. The first-order chi connectivity index (χ1) is 13.3. The molecule has 2 atom stereocenters. The van der Waals surface area contributed by atoms with Crippen molar-refractivity contribution in [3.05, 3.63) is 27.6 Å². The van der Waals surface area contributed by atoms with E-state index in [-0.39, 0.29) is 33.8 Å². The standard InChI is InChI=1S/C16H18Cl2N4O5S/c1-7-11(17)12(18)13(20-7)14(23)21-8-3-4-22(6-9(8)26-2)15-19-5-10(28-15)27-16(24)25/h5,8-9,20H,3-4,6H2,1-2H3,(H,21,23)(H,24,25)/t8-,9+/m1/s1. The summed E-state index contributed by atoms with van der Waals surface area (Å²) in [6.07, 6.45) is 0.285. The number of hydrogen-bond acceptors (Lipinski definition) is 7. The number of ether oxygens (including phenoxy) is 2. The number of rotatable bonds is 5. The molecule has 2 aromatic rings. The van der Waals surface area contributed by atoms with Gasteiger partial charge in [0, 0.05) is 25.9 Å². The first-order valence-electron chi connectivity index (χ1n) is 8.29. The summed E-state index contributed by atoms with van der Waals surface area (Å²) >= 11 is 13.3. The van der Waals surface area contributed by atoms with E-state index in [1.807, 2.05) is 4.90 Å². The zero-order chi connectivity index (χ0) is 20.4. The molecule has 152 valence electrons. The second-order valence-electron chi connectivity index (χ2n) is 6.17. The number of anilines is 1. The Morgan fingerprint density at radius 2 is 2.18 bits per heavy atom. The normalized spacial score (nSPS) is 19.5. The maximum Gasteiger partial charge on any atom is 0.512 e. The van der Waals surface area contributed by atoms with E-state index in [0.717, 1.165) is 11.3 Å². The number of piperidine rings is 1. The lowest BCUT2D eigenvalue weighted by atomic mass is 10.0. The van der Waals surface area contributed by atoms with Crippen LogP contribution in [0.5, 0.6) is 5.06 Å². The van der Waals surface area contributed by atoms with Gasteiger partial charge in [0.25, 0.3) is 5.91 Å². The van der Waals surface area contributed by atoms with Crippen LogP contribution in [0.15, 0.2) is 6.20 Å². The van der Waals surface area contributed by atoms with Crippen LogP contribution in [0.4, 0.5) is 9.93 Å². The Kier molecular flexibility index (Phi) is 6.33. The monoisotopic (exact) mass is 448 g/mol. The third-order valence-electron chi connectivity index (χ3n) is 4.39. The van der Waals surface area contributed by atoms with Gasteiger partial charge in [0.15, 0.2) is 5.13 Å². The van der Waals surface area contributed by atoms with Gasteiger partial charge in [-0.25, -0.2) is 9.78 Å². The smallest absolute Gasteiger partial charge is 0.449 e. The number of halogens is 2. The van der Waals surface area contributed by atoms with Gasteiger partial charge in [0.05, 0.1) is 28.4 Å². The van der Waals surface area contributed by atoms with Crippen LogP contribution in [-0.2, 0) is 4.74 Å². The Morgan fingerprint density at radius 3 is 2.79 bits per heavy atom. The molecule has 0 saturated carbocycles. The number of nitrogens with one attached hydrogen (secondary N) is 2. The molecular weight excluding hydrogens is 431 g/mol. The Bertz CT molecular complexity index is 887. The van der Waals surface area contributed by atoms with Crippen LogP contribution in [0.3, 0.4) is 0 Å². The van der Waals surface area contributed by atoms with Crippen LogP contribution in [0.25, 0.3) is 0 Å². The average molecular weight is 449 g/mol. The molecule has 2 aromatic heterocycles. The van der Waals surface area contributed by atoms with Gasteiger partial charge in [-0.15, -0.1) is 0 Å². The summed E-state index contributed by atoms with van der Waals surface area (Å²) in [6.45, 7) is 2.81. The number of amides is 1. The molecule has 1 aliphatic heterocycles. The number of aromatic amines is 1. The minimum Gasteiger partial charge on any atom is -0.449 e. The predicted octanol–water partition coefficient (Wildman–Crippen LogP) is 3.17. The molecule has 0 bridgehead atoms. The van der Waals surface area contributed by atoms with Crippen molar-refractivity contribution in [2.75, 3.05) is 25.1 Å². The molecule has 3 heterocycles. The Balaban J connectivity index is 1.66. The third kappa shape index (κ3) is 4.35. The van der Waals surface area contributed by atoms with E-state index in [2.05, 4.69) is 20.0 Å². The maximum absolute atomic E-state index is 12.6. The third-order valence-corrected chi connectivity index (χ3v) is 6.27. The van der Waals surface area contributed by atoms with Crippen LogP contribution in [0.1, 0.15) is 22.6 Å². The molecule has 1 fully saturated rings. The minimum absolute atomic E-state index is 0.191. The number of H-pyrrole nitrogens is 1. The summed E-state index contributed by atoms with van der Waals surface area (Å²) in [7, 11) is 1.57. The number of carbonyl (C=O) groups excluding carboxylic acids is 1. The Morgan fingerprint density at radius 1 is 1.43 bits per heavy atom. The van der Waals surface area contributed by atoms with E-state index in [9.17, 15) is 9.59 Å². The largest absolute Gasteiger partial charge is 0.512 e. The lowest BCUT2D eigenvalue weighted by Gasteiger charge is -2.37. The number of methoxy groups -OCH3 is 1. The van der Waals surface area contributed by atoms with Gasteiger partial charge in [-0.05, 0) is 13.3 Å². The van der Waals surface area contributed by atoms with Crippen molar-refractivity contribution in [3.8, 4) is 5.06 Å². The topological polar surface area (TPSA) is 117 Å². The van der Waals surface area contributed by atoms with Gasteiger partial charge in [-0.2, -0.15) is 0 Å². The van der Waals surface area contributed by atoms with Crippen LogP contribution >= 0.6 is 34.5 Å². The van der Waals surface area contributed by atoms with Gasteiger partial charge in [0.1, 0.15) is 5.69 Å². The molecule has 0 radical (unpaired) electrons. The molecule has 0 unspecified atom stereocenters. The van der Waals surface area contributed by atoms with Crippen LogP contribution in [-0.4, -0.2) is 59.5 Å². The Hall–Kier alpha value is -2.01. The number of aryl methyl sites for hydroxylation is 1. The van der Waals surface area contributed by atoms with Gasteiger partial charge in [-0.3, -0.25) is 4.79 Å². The van der Waals surface area contributed by atoms with Crippen molar-refractivity contribution >= 4 is 51.7 Å². The van der Waals surface area contributed by atoms with Crippen LogP contribution in [0, 0.1) is 6.92 Å². The first kappa shape index (κ1) is 20.7.